The predicted molar refractivity (Wildman–Crippen MR) is 87.3 cm³/mol. The lowest BCUT2D eigenvalue weighted by Gasteiger charge is -2.33. The van der Waals surface area contributed by atoms with Gasteiger partial charge in [-0.1, -0.05) is 0 Å². The summed E-state index contributed by atoms with van der Waals surface area (Å²) >= 11 is 0. The number of hydrogen-bond donors (Lipinski definition) is 4. The van der Waals surface area contributed by atoms with Crippen molar-refractivity contribution in [1.29, 1.82) is 5.41 Å². The molecule has 0 atom stereocenters. The molecule has 1 rings (SSSR count). The van der Waals surface area contributed by atoms with Crippen LogP contribution in [0.3, 0.4) is 0 Å². The summed E-state index contributed by atoms with van der Waals surface area (Å²) in [4.78, 5) is 17.0. The van der Waals surface area contributed by atoms with E-state index in [1.165, 1.54) is 4.90 Å². The molecule has 0 spiro atoms. The minimum absolute atomic E-state index is 0.133. The molecular formula is C15H25N5O2. The van der Waals surface area contributed by atoms with Crippen molar-refractivity contribution >= 4 is 17.7 Å². The van der Waals surface area contributed by atoms with Gasteiger partial charge in [0.1, 0.15) is 0 Å². The topological polar surface area (TPSA) is 115 Å². The zero-order valence-electron chi connectivity index (χ0n) is 13.6. The van der Waals surface area contributed by atoms with Crippen molar-refractivity contribution in [2.75, 3.05) is 11.9 Å². The third-order valence-electron chi connectivity index (χ3n) is 3.30. The number of nitrogens with two attached hydrogens (primary N) is 1. The van der Waals surface area contributed by atoms with E-state index in [0.29, 0.717) is 25.1 Å². The van der Waals surface area contributed by atoms with E-state index in [2.05, 4.69) is 10.3 Å². The second-order valence-corrected chi connectivity index (χ2v) is 6.22. The molecule has 0 fully saturated rings. The van der Waals surface area contributed by atoms with Crippen molar-refractivity contribution in [2.24, 2.45) is 5.73 Å². The lowest BCUT2D eigenvalue weighted by Crippen LogP contribution is -2.45. The van der Waals surface area contributed by atoms with E-state index in [1.807, 2.05) is 33.8 Å². The molecule has 0 radical (unpaired) electrons. The average Bonchev–Trinajstić information content (AvgIpc) is 2.35. The summed E-state index contributed by atoms with van der Waals surface area (Å²) in [7, 11) is 0. The number of anilines is 1. The van der Waals surface area contributed by atoms with Crippen LogP contribution in [0.15, 0.2) is 12.3 Å². The van der Waals surface area contributed by atoms with Crippen molar-refractivity contribution in [3.63, 3.8) is 0 Å². The summed E-state index contributed by atoms with van der Waals surface area (Å²) in [5.74, 6) is -0.133. The first-order chi connectivity index (χ1) is 10.1. The molecule has 0 aliphatic rings. The number of carboxylic acid groups (broad SMARTS) is 1. The summed E-state index contributed by atoms with van der Waals surface area (Å²) in [6.07, 6.45) is 2.27. The van der Waals surface area contributed by atoms with Gasteiger partial charge in [0.2, 0.25) is 0 Å². The number of pyridine rings is 1. The van der Waals surface area contributed by atoms with Gasteiger partial charge >= 0.3 is 6.09 Å². The SMILES string of the molecule is Cc1ncc(CCCN(C(=O)O)C(C)(C)C)cc1NC(=N)N. The van der Waals surface area contributed by atoms with E-state index in [-0.39, 0.29) is 5.96 Å². The van der Waals surface area contributed by atoms with Crippen LogP contribution in [0.5, 0.6) is 0 Å². The Morgan fingerprint density at radius 2 is 2.14 bits per heavy atom. The molecule has 0 aromatic carbocycles. The second kappa shape index (κ2) is 7.11. The standard InChI is InChI=1S/C15H25N5O2/c1-10-12(19-13(16)17)8-11(9-18-10)6-5-7-20(14(21)22)15(2,3)4/h8-9H,5-7H2,1-4H3,(H,21,22)(H4,16,17,19). The molecule has 0 aliphatic carbocycles. The first-order valence-corrected chi connectivity index (χ1v) is 7.18. The highest BCUT2D eigenvalue weighted by Crippen LogP contribution is 2.17. The van der Waals surface area contributed by atoms with E-state index in [1.54, 1.807) is 6.20 Å². The Hall–Kier alpha value is -2.31. The van der Waals surface area contributed by atoms with E-state index in [0.717, 1.165) is 11.3 Å². The zero-order chi connectivity index (χ0) is 16.9. The van der Waals surface area contributed by atoms with E-state index < -0.39 is 11.6 Å². The first kappa shape index (κ1) is 17.7. The number of carbonyl (C=O) groups is 1. The highest BCUT2D eigenvalue weighted by Gasteiger charge is 2.25. The molecule has 1 amide bonds. The molecule has 122 valence electrons. The Morgan fingerprint density at radius 1 is 1.50 bits per heavy atom. The van der Waals surface area contributed by atoms with E-state index >= 15 is 0 Å². The fourth-order valence-corrected chi connectivity index (χ4v) is 2.14. The third kappa shape index (κ3) is 5.23. The molecule has 7 heteroatoms. The fraction of sp³-hybridized carbons (Fsp3) is 0.533. The van der Waals surface area contributed by atoms with Crippen molar-refractivity contribution in [2.45, 2.75) is 46.1 Å². The average molecular weight is 307 g/mol. The van der Waals surface area contributed by atoms with Gasteiger partial charge < -0.3 is 21.1 Å². The predicted octanol–water partition coefficient (Wildman–Crippen LogP) is 2.41. The van der Waals surface area contributed by atoms with Crippen molar-refractivity contribution in [3.05, 3.63) is 23.5 Å². The molecule has 0 saturated heterocycles. The monoisotopic (exact) mass is 307 g/mol. The molecule has 0 unspecified atom stereocenters. The van der Waals surface area contributed by atoms with Crippen LogP contribution in [0.25, 0.3) is 0 Å². The Morgan fingerprint density at radius 3 is 2.64 bits per heavy atom. The quantitative estimate of drug-likeness (QED) is 0.492. The van der Waals surface area contributed by atoms with Crippen LogP contribution >= 0.6 is 0 Å². The van der Waals surface area contributed by atoms with Gasteiger partial charge in [0.05, 0.1) is 11.4 Å². The fourth-order valence-electron chi connectivity index (χ4n) is 2.14. The van der Waals surface area contributed by atoms with Crippen LogP contribution in [0.4, 0.5) is 10.5 Å². The highest BCUT2D eigenvalue weighted by molar-refractivity contribution is 5.90. The maximum Gasteiger partial charge on any atom is 0.407 e. The number of nitrogens with zero attached hydrogens (tertiary/aromatic N) is 2. The van der Waals surface area contributed by atoms with E-state index in [4.69, 9.17) is 11.1 Å². The smallest absolute Gasteiger partial charge is 0.407 e. The Balaban J connectivity index is 2.68. The lowest BCUT2D eigenvalue weighted by molar-refractivity contribution is 0.0996. The summed E-state index contributed by atoms with van der Waals surface area (Å²) in [5, 5.41) is 19.3. The molecule has 1 aromatic heterocycles. The number of nitrogens with one attached hydrogen (secondary N) is 2. The van der Waals surface area contributed by atoms with Crippen LogP contribution in [0, 0.1) is 12.3 Å². The molecule has 5 N–H and O–H groups in total. The second-order valence-electron chi connectivity index (χ2n) is 6.22. The highest BCUT2D eigenvalue weighted by atomic mass is 16.4. The van der Waals surface area contributed by atoms with Gasteiger partial charge in [-0.2, -0.15) is 0 Å². The third-order valence-corrected chi connectivity index (χ3v) is 3.30. The summed E-state index contributed by atoms with van der Waals surface area (Å²) in [6, 6.07) is 1.89. The van der Waals surface area contributed by atoms with Gasteiger partial charge in [-0.05, 0) is 52.2 Å². The van der Waals surface area contributed by atoms with Crippen LogP contribution in [0.2, 0.25) is 0 Å². The number of hydrogen-bond acceptors (Lipinski definition) is 3. The van der Waals surface area contributed by atoms with Crippen LogP contribution in [0.1, 0.15) is 38.4 Å². The van der Waals surface area contributed by atoms with Gasteiger partial charge in [0.15, 0.2) is 5.96 Å². The molecular weight excluding hydrogens is 282 g/mol. The van der Waals surface area contributed by atoms with Crippen LogP contribution in [-0.2, 0) is 6.42 Å². The molecule has 22 heavy (non-hydrogen) atoms. The van der Waals surface area contributed by atoms with Gasteiger partial charge in [-0.3, -0.25) is 10.4 Å². The van der Waals surface area contributed by atoms with E-state index in [9.17, 15) is 9.90 Å². The minimum Gasteiger partial charge on any atom is -0.465 e. The number of amides is 1. The Bertz CT molecular complexity index is 551. The van der Waals surface area contributed by atoms with Crippen molar-refractivity contribution < 1.29 is 9.90 Å². The lowest BCUT2D eigenvalue weighted by atomic mass is 10.1. The Kier molecular flexibility index (Phi) is 5.73. The maximum absolute atomic E-state index is 11.3. The van der Waals surface area contributed by atoms with Gasteiger partial charge in [-0.15, -0.1) is 0 Å². The molecule has 0 bridgehead atoms. The first-order valence-electron chi connectivity index (χ1n) is 7.18. The number of aromatic nitrogens is 1. The summed E-state index contributed by atoms with van der Waals surface area (Å²) in [6.45, 7) is 7.93. The van der Waals surface area contributed by atoms with Crippen LogP contribution < -0.4 is 11.1 Å². The van der Waals surface area contributed by atoms with Crippen molar-refractivity contribution in [3.8, 4) is 0 Å². The molecule has 1 heterocycles. The number of rotatable bonds is 5. The van der Waals surface area contributed by atoms with Gasteiger partial charge in [0.25, 0.3) is 0 Å². The number of aryl methyl sites for hydroxylation is 2. The molecule has 0 saturated carbocycles. The largest absolute Gasteiger partial charge is 0.465 e. The zero-order valence-corrected chi connectivity index (χ0v) is 13.6. The normalized spacial score (nSPS) is 11.1. The summed E-state index contributed by atoms with van der Waals surface area (Å²) in [5.41, 5.74) is 7.37. The summed E-state index contributed by atoms with van der Waals surface area (Å²) < 4.78 is 0. The van der Waals surface area contributed by atoms with Crippen LogP contribution in [-0.4, -0.2) is 39.1 Å². The minimum atomic E-state index is -0.909. The van der Waals surface area contributed by atoms with Crippen molar-refractivity contribution in [1.82, 2.24) is 9.88 Å². The Labute approximate surface area is 131 Å². The number of guanidine groups is 1. The van der Waals surface area contributed by atoms with Gasteiger partial charge in [-0.25, -0.2) is 4.79 Å². The maximum atomic E-state index is 11.3. The molecule has 1 aromatic rings. The molecule has 7 nitrogen and oxygen atoms in total. The molecule has 0 aliphatic heterocycles. The van der Waals surface area contributed by atoms with Gasteiger partial charge in [0, 0.05) is 18.3 Å².